The van der Waals surface area contributed by atoms with Gasteiger partial charge in [-0.2, -0.15) is 0 Å². The van der Waals surface area contributed by atoms with Crippen molar-refractivity contribution in [3.05, 3.63) is 71.8 Å². The number of hydrogen-bond acceptors (Lipinski definition) is 4. The molecule has 0 saturated heterocycles. The van der Waals surface area contributed by atoms with E-state index >= 15 is 0 Å². The number of ether oxygens (including phenoxy) is 2. The van der Waals surface area contributed by atoms with Crippen LogP contribution in [0.1, 0.15) is 11.1 Å². The maximum atomic E-state index is 12.3. The lowest BCUT2D eigenvalue weighted by molar-refractivity contribution is -0.120. The van der Waals surface area contributed by atoms with E-state index in [-0.39, 0.29) is 12.3 Å². The van der Waals surface area contributed by atoms with Crippen molar-refractivity contribution in [2.45, 2.75) is 12.8 Å². The lowest BCUT2D eigenvalue weighted by atomic mass is 10.0. The fraction of sp³-hybridized carbons (Fsp3) is 0.217. The Morgan fingerprint density at radius 1 is 0.933 bits per heavy atom. The van der Waals surface area contributed by atoms with Crippen LogP contribution in [0.2, 0.25) is 0 Å². The minimum atomic E-state index is -0.157. The van der Waals surface area contributed by atoms with Crippen molar-refractivity contribution in [2.75, 3.05) is 20.8 Å². The van der Waals surface area contributed by atoms with Crippen LogP contribution < -0.4 is 25.6 Å². The van der Waals surface area contributed by atoms with Crippen LogP contribution >= 0.6 is 12.2 Å². The Labute approximate surface area is 181 Å². The highest BCUT2D eigenvalue weighted by Crippen LogP contribution is 2.27. The van der Waals surface area contributed by atoms with E-state index in [0.717, 1.165) is 28.3 Å². The number of benzene rings is 3. The number of hydrogen-bond donors (Lipinski definition) is 3. The van der Waals surface area contributed by atoms with Gasteiger partial charge in [-0.3, -0.25) is 15.6 Å². The van der Waals surface area contributed by atoms with Crippen molar-refractivity contribution < 1.29 is 14.3 Å². The van der Waals surface area contributed by atoms with Crippen molar-refractivity contribution in [3.8, 4) is 11.5 Å². The van der Waals surface area contributed by atoms with E-state index in [1.807, 2.05) is 60.7 Å². The zero-order valence-corrected chi connectivity index (χ0v) is 17.8. The standard InChI is InChI=1S/C23H25N3O3S/c1-28-20-11-10-16(14-21(20)29-2)12-13-24-23(30)26-25-22(27)15-18-8-5-7-17-6-3-4-9-19(17)18/h3-11,14H,12-13,15H2,1-2H3,(H,25,27)(H2,24,26,30). The number of methoxy groups -OCH3 is 2. The van der Waals surface area contributed by atoms with E-state index in [2.05, 4.69) is 16.2 Å². The van der Waals surface area contributed by atoms with Gasteiger partial charge in [-0.05, 0) is 52.7 Å². The molecule has 3 aromatic carbocycles. The van der Waals surface area contributed by atoms with E-state index < -0.39 is 0 Å². The van der Waals surface area contributed by atoms with Crippen LogP contribution in [0.4, 0.5) is 0 Å². The van der Waals surface area contributed by atoms with E-state index in [4.69, 9.17) is 21.7 Å². The van der Waals surface area contributed by atoms with Crippen molar-refractivity contribution in [1.29, 1.82) is 0 Å². The van der Waals surface area contributed by atoms with Crippen LogP contribution in [-0.4, -0.2) is 31.8 Å². The molecule has 0 aliphatic carbocycles. The summed E-state index contributed by atoms with van der Waals surface area (Å²) in [5.41, 5.74) is 7.46. The molecular formula is C23H25N3O3S. The summed E-state index contributed by atoms with van der Waals surface area (Å²) in [4.78, 5) is 12.3. The van der Waals surface area contributed by atoms with Crippen LogP contribution in [0.15, 0.2) is 60.7 Å². The van der Waals surface area contributed by atoms with Gasteiger partial charge < -0.3 is 14.8 Å². The molecule has 0 atom stereocenters. The predicted octanol–water partition coefficient (Wildman–Crippen LogP) is 3.14. The minimum Gasteiger partial charge on any atom is -0.493 e. The predicted molar refractivity (Wildman–Crippen MR) is 123 cm³/mol. The van der Waals surface area contributed by atoms with Gasteiger partial charge in [0, 0.05) is 6.54 Å². The first-order valence-corrected chi connectivity index (χ1v) is 10.0. The van der Waals surface area contributed by atoms with Gasteiger partial charge in [-0.25, -0.2) is 0 Å². The molecule has 0 unspecified atom stereocenters. The van der Waals surface area contributed by atoms with Gasteiger partial charge in [0.2, 0.25) is 5.91 Å². The average Bonchev–Trinajstić information content (AvgIpc) is 2.78. The van der Waals surface area contributed by atoms with Crippen molar-refractivity contribution in [3.63, 3.8) is 0 Å². The molecule has 6 nitrogen and oxygen atoms in total. The molecule has 156 valence electrons. The number of thiocarbonyl (C=S) groups is 1. The van der Waals surface area contributed by atoms with Crippen molar-refractivity contribution in [2.24, 2.45) is 0 Å². The molecule has 3 rings (SSSR count). The summed E-state index contributed by atoms with van der Waals surface area (Å²) in [6, 6.07) is 19.7. The van der Waals surface area contributed by atoms with Crippen LogP contribution in [0.25, 0.3) is 10.8 Å². The maximum absolute atomic E-state index is 12.3. The lowest BCUT2D eigenvalue weighted by Crippen LogP contribution is -2.47. The molecule has 3 N–H and O–H groups in total. The van der Waals surface area contributed by atoms with Crippen molar-refractivity contribution in [1.82, 2.24) is 16.2 Å². The average molecular weight is 424 g/mol. The fourth-order valence-electron chi connectivity index (χ4n) is 3.19. The number of nitrogens with one attached hydrogen (secondary N) is 3. The number of fused-ring (bicyclic) bond motifs is 1. The van der Waals surface area contributed by atoms with Crippen LogP contribution in [-0.2, 0) is 17.6 Å². The monoisotopic (exact) mass is 423 g/mol. The van der Waals surface area contributed by atoms with Gasteiger partial charge in [0.05, 0.1) is 20.6 Å². The van der Waals surface area contributed by atoms with Gasteiger partial charge in [0.25, 0.3) is 0 Å². The van der Waals surface area contributed by atoms with Gasteiger partial charge in [0.1, 0.15) is 0 Å². The molecule has 0 radical (unpaired) electrons. The molecule has 0 aromatic heterocycles. The Balaban J connectivity index is 1.44. The maximum Gasteiger partial charge on any atom is 0.242 e. The largest absolute Gasteiger partial charge is 0.493 e. The summed E-state index contributed by atoms with van der Waals surface area (Å²) >= 11 is 5.24. The quantitative estimate of drug-likeness (QED) is 0.401. The molecule has 0 fully saturated rings. The molecule has 0 aliphatic heterocycles. The first-order valence-electron chi connectivity index (χ1n) is 9.61. The molecule has 0 heterocycles. The Bertz CT molecular complexity index is 1030. The highest BCUT2D eigenvalue weighted by molar-refractivity contribution is 7.80. The number of amides is 1. The fourth-order valence-corrected chi connectivity index (χ4v) is 3.34. The summed E-state index contributed by atoms with van der Waals surface area (Å²) in [6.07, 6.45) is 1.01. The van der Waals surface area contributed by atoms with Gasteiger partial charge >= 0.3 is 0 Å². The second-order valence-electron chi connectivity index (χ2n) is 6.68. The number of rotatable bonds is 7. The summed E-state index contributed by atoms with van der Waals surface area (Å²) in [7, 11) is 3.22. The summed E-state index contributed by atoms with van der Waals surface area (Å²) in [6.45, 7) is 0.612. The second-order valence-corrected chi connectivity index (χ2v) is 7.09. The van der Waals surface area contributed by atoms with Crippen LogP contribution in [0.3, 0.4) is 0 Å². The smallest absolute Gasteiger partial charge is 0.242 e. The Hall–Kier alpha value is -3.32. The molecule has 0 bridgehead atoms. The highest BCUT2D eigenvalue weighted by atomic mass is 32.1. The summed E-state index contributed by atoms with van der Waals surface area (Å²) in [5.74, 6) is 1.23. The first kappa shape index (κ1) is 21.4. The lowest BCUT2D eigenvalue weighted by Gasteiger charge is -2.13. The summed E-state index contributed by atoms with van der Waals surface area (Å²) < 4.78 is 10.6. The molecule has 0 aliphatic rings. The molecular weight excluding hydrogens is 398 g/mol. The minimum absolute atomic E-state index is 0.157. The van der Waals surface area contributed by atoms with Crippen molar-refractivity contribution >= 4 is 34.0 Å². The Morgan fingerprint density at radius 3 is 2.50 bits per heavy atom. The Morgan fingerprint density at radius 2 is 1.70 bits per heavy atom. The second kappa shape index (κ2) is 10.5. The topological polar surface area (TPSA) is 71.6 Å². The third-order valence-corrected chi connectivity index (χ3v) is 4.94. The van der Waals surface area contributed by atoms with Crippen LogP contribution in [0, 0.1) is 0 Å². The molecule has 0 spiro atoms. The molecule has 7 heteroatoms. The normalized spacial score (nSPS) is 10.3. The first-order chi connectivity index (χ1) is 14.6. The zero-order chi connectivity index (χ0) is 21.3. The van der Waals surface area contributed by atoms with Gasteiger partial charge in [-0.15, -0.1) is 0 Å². The third-order valence-electron chi connectivity index (χ3n) is 4.69. The zero-order valence-electron chi connectivity index (χ0n) is 17.0. The number of carbonyl (C=O) groups is 1. The summed E-state index contributed by atoms with van der Waals surface area (Å²) in [5, 5.41) is 5.63. The SMILES string of the molecule is COc1ccc(CCNC(=S)NNC(=O)Cc2cccc3ccccc23)cc1OC. The van der Waals surface area contributed by atoms with E-state index in [1.165, 1.54) is 0 Å². The van der Waals surface area contributed by atoms with E-state index in [9.17, 15) is 4.79 Å². The molecule has 0 saturated carbocycles. The number of hydrazine groups is 1. The van der Waals surface area contributed by atoms with E-state index in [0.29, 0.717) is 23.2 Å². The van der Waals surface area contributed by atoms with Gasteiger partial charge in [0.15, 0.2) is 16.6 Å². The molecule has 1 amide bonds. The third kappa shape index (κ3) is 5.61. The molecule has 3 aromatic rings. The van der Waals surface area contributed by atoms with Gasteiger partial charge in [-0.1, -0.05) is 48.5 Å². The Kier molecular flexibility index (Phi) is 7.45. The van der Waals surface area contributed by atoms with E-state index in [1.54, 1.807) is 14.2 Å². The molecule has 30 heavy (non-hydrogen) atoms. The highest BCUT2D eigenvalue weighted by Gasteiger charge is 2.08. The number of carbonyl (C=O) groups excluding carboxylic acids is 1. The van der Waals surface area contributed by atoms with Crippen LogP contribution in [0.5, 0.6) is 11.5 Å².